The van der Waals surface area contributed by atoms with E-state index in [9.17, 15) is 4.39 Å². The Morgan fingerprint density at radius 3 is 2.57 bits per heavy atom. The molecule has 2 rings (SSSR count). The molecule has 1 aromatic carbocycles. The van der Waals surface area contributed by atoms with E-state index in [4.69, 9.17) is 20.4 Å². The van der Waals surface area contributed by atoms with Gasteiger partial charge in [0.05, 0.1) is 5.60 Å². The van der Waals surface area contributed by atoms with Gasteiger partial charge >= 0.3 is 0 Å². The van der Waals surface area contributed by atoms with Gasteiger partial charge in [-0.25, -0.2) is 4.39 Å². The molecule has 0 spiro atoms. The molecule has 0 aromatic heterocycles. The number of halogens is 1. The first-order valence-electron chi connectivity index (χ1n) is 6.79. The largest absolute Gasteiger partial charge is 0.484 e. The van der Waals surface area contributed by atoms with Gasteiger partial charge in [0.2, 0.25) is 0 Å². The highest BCUT2D eigenvalue weighted by Gasteiger charge is 2.47. The Labute approximate surface area is 123 Å². The molecule has 1 atom stereocenters. The van der Waals surface area contributed by atoms with Crippen LogP contribution in [0.3, 0.4) is 0 Å². The number of oxime groups is 1. The Morgan fingerprint density at radius 2 is 2.10 bits per heavy atom. The molecule has 0 radical (unpaired) electrons. The Kier molecular flexibility index (Phi) is 3.84. The summed E-state index contributed by atoms with van der Waals surface area (Å²) in [6.07, 6.45) is 0.415. The van der Waals surface area contributed by atoms with Gasteiger partial charge in [-0.05, 0) is 45.9 Å². The number of hydrogen-bond acceptors (Lipinski definition) is 4. The van der Waals surface area contributed by atoms with Crippen molar-refractivity contribution in [3.8, 4) is 5.75 Å². The summed E-state index contributed by atoms with van der Waals surface area (Å²) >= 11 is 0. The fraction of sp³-hybridized carbons (Fsp3) is 0.533. The molecule has 1 aliphatic heterocycles. The van der Waals surface area contributed by atoms with E-state index in [0.29, 0.717) is 12.0 Å². The zero-order valence-corrected chi connectivity index (χ0v) is 12.7. The maximum absolute atomic E-state index is 14.1. The number of benzene rings is 1. The van der Waals surface area contributed by atoms with E-state index in [0.717, 1.165) is 0 Å². The van der Waals surface area contributed by atoms with E-state index >= 15 is 0 Å². The quantitative estimate of drug-likeness (QED) is 0.389. The molecule has 0 amide bonds. The molecule has 5 nitrogen and oxygen atoms in total. The number of amidine groups is 1. The van der Waals surface area contributed by atoms with Crippen LogP contribution >= 0.6 is 0 Å². The van der Waals surface area contributed by atoms with Gasteiger partial charge in [-0.1, -0.05) is 5.16 Å². The number of nitrogens with zero attached hydrogens (tertiary/aromatic N) is 1. The molecule has 116 valence electrons. The maximum Gasteiger partial charge on any atom is 0.170 e. The zero-order valence-electron chi connectivity index (χ0n) is 12.7. The summed E-state index contributed by atoms with van der Waals surface area (Å²) in [6.45, 7) is 7.82. The van der Waals surface area contributed by atoms with Gasteiger partial charge in [-0.15, -0.1) is 0 Å². The SMILES string of the molecule is CC1(C)CC(Oc2ccc(/C(N)=N/O)cc2F)C(C)(C)O1. The molecule has 3 N–H and O–H groups in total. The predicted octanol–water partition coefficient (Wildman–Crippen LogP) is 2.65. The second kappa shape index (κ2) is 5.18. The van der Waals surface area contributed by atoms with Gasteiger partial charge < -0.3 is 20.4 Å². The highest BCUT2D eigenvalue weighted by atomic mass is 19.1. The molecular formula is C15H21FN2O3. The van der Waals surface area contributed by atoms with Crippen LogP contribution in [0.15, 0.2) is 23.4 Å². The number of hydrogen-bond donors (Lipinski definition) is 2. The predicted molar refractivity (Wildman–Crippen MR) is 77.2 cm³/mol. The first kappa shape index (κ1) is 15.6. The molecule has 0 bridgehead atoms. The standard InChI is InChI=1S/C15H21FN2O3/c1-14(2)8-12(15(3,4)21-14)20-11-6-5-9(7-10(11)16)13(17)18-19/h5-7,12,19H,8H2,1-4H3,(H2,17,18). The summed E-state index contributed by atoms with van der Waals surface area (Å²) in [4.78, 5) is 0. The normalized spacial score (nSPS) is 24.0. The maximum atomic E-state index is 14.1. The first-order valence-corrected chi connectivity index (χ1v) is 6.79. The number of ether oxygens (including phenoxy) is 2. The average molecular weight is 296 g/mol. The van der Waals surface area contributed by atoms with Crippen LogP contribution in [0.2, 0.25) is 0 Å². The van der Waals surface area contributed by atoms with Crippen molar-refractivity contribution in [1.82, 2.24) is 0 Å². The van der Waals surface area contributed by atoms with E-state index in [2.05, 4.69) is 5.16 Å². The zero-order chi connectivity index (χ0) is 15.8. The Bertz CT molecular complexity index is 570. The van der Waals surface area contributed by atoms with Crippen LogP contribution in [0, 0.1) is 5.82 Å². The molecule has 1 heterocycles. The summed E-state index contributed by atoms with van der Waals surface area (Å²) in [7, 11) is 0. The fourth-order valence-electron chi connectivity index (χ4n) is 2.66. The molecule has 1 aromatic rings. The third kappa shape index (κ3) is 3.26. The molecule has 21 heavy (non-hydrogen) atoms. The van der Waals surface area contributed by atoms with Crippen LogP contribution < -0.4 is 10.5 Å². The molecule has 1 fully saturated rings. The molecule has 0 aliphatic carbocycles. The van der Waals surface area contributed by atoms with E-state index in [1.807, 2.05) is 27.7 Å². The minimum atomic E-state index is -0.556. The van der Waals surface area contributed by atoms with E-state index < -0.39 is 11.4 Å². The lowest BCUT2D eigenvalue weighted by Crippen LogP contribution is -2.36. The fourth-order valence-corrected chi connectivity index (χ4v) is 2.66. The summed E-state index contributed by atoms with van der Waals surface area (Å²) in [5.41, 5.74) is 4.92. The third-order valence-electron chi connectivity index (χ3n) is 3.60. The van der Waals surface area contributed by atoms with Crippen LogP contribution in [-0.4, -0.2) is 28.3 Å². The minimum absolute atomic E-state index is 0.129. The first-order chi connectivity index (χ1) is 9.64. The van der Waals surface area contributed by atoms with Gasteiger partial charge in [0.25, 0.3) is 0 Å². The van der Waals surface area contributed by atoms with Crippen molar-refractivity contribution in [2.24, 2.45) is 10.9 Å². The van der Waals surface area contributed by atoms with Crippen molar-refractivity contribution in [3.05, 3.63) is 29.6 Å². The van der Waals surface area contributed by atoms with E-state index in [1.165, 1.54) is 12.1 Å². The van der Waals surface area contributed by atoms with Crippen LogP contribution in [0.1, 0.15) is 39.7 Å². The minimum Gasteiger partial charge on any atom is -0.484 e. The number of nitrogens with two attached hydrogens (primary N) is 1. The van der Waals surface area contributed by atoms with Gasteiger partial charge in [-0.2, -0.15) is 0 Å². The second-order valence-electron chi connectivity index (χ2n) is 6.41. The van der Waals surface area contributed by atoms with Gasteiger partial charge in [0.1, 0.15) is 11.7 Å². The van der Waals surface area contributed by atoms with Crippen molar-refractivity contribution in [2.45, 2.75) is 51.4 Å². The van der Waals surface area contributed by atoms with Crippen molar-refractivity contribution < 1.29 is 19.1 Å². The van der Waals surface area contributed by atoms with Crippen LogP contribution in [0.25, 0.3) is 0 Å². The average Bonchev–Trinajstić information content (AvgIpc) is 2.58. The van der Waals surface area contributed by atoms with Gasteiger partial charge in [0, 0.05) is 12.0 Å². The topological polar surface area (TPSA) is 77.1 Å². The Balaban J connectivity index is 2.21. The lowest BCUT2D eigenvalue weighted by Gasteiger charge is -2.27. The molecule has 6 heteroatoms. The second-order valence-corrected chi connectivity index (χ2v) is 6.41. The van der Waals surface area contributed by atoms with Gasteiger partial charge in [0.15, 0.2) is 17.4 Å². The summed E-state index contributed by atoms with van der Waals surface area (Å²) in [6, 6.07) is 4.20. The Hall–Kier alpha value is -1.82. The number of rotatable bonds is 3. The van der Waals surface area contributed by atoms with Crippen LogP contribution in [0.4, 0.5) is 4.39 Å². The van der Waals surface area contributed by atoms with Crippen molar-refractivity contribution in [2.75, 3.05) is 0 Å². The lowest BCUT2D eigenvalue weighted by atomic mass is 9.97. The smallest absolute Gasteiger partial charge is 0.170 e. The van der Waals surface area contributed by atoms with Crippen LogP contribution in [0.5, 0.6) is 5.75 Å². The van der Waals surface area contributed by atoms with E-state index in [1.54, 1.807) is 6.07 Å². The monoisotopic (exact) mass is 296 g/mol. The van der Waals surface area contributed by atoms with Gasteiger partial charge in [-0.3, -0.25) is 0 Å². The van der Waals surface area contributed by atoms with Crippen molar-refractivity contribution >= 4 is 5.84 Å². The van der Waals surface area contributed by atoms with Crippen molar-refractivity contribution in [1.29, 1.82) is 0 Å². The summed E-state index contributed by atoms with van der Waals surface area (Å²) < 4.78 is 25.8. The molecule has 1 saturated heterocycles. The molecule has 1 unspecified atom stereocenters. The molecular weight excluding hydrogens is 275 g/mol. The van der Waals surface area contributed by atoms with Crippen molar-refractivity contribution in [3.63, 3.8) is 0 Å². The summed E-state index contributed by atoms with van der Waals surface area (Å²) in [5, 5.41) is 11.4. The van der Waals surface area contributed by atoms with Crippen LogP contribution in [-0.2, 0) is 4.74 Å². The molecule has 1 aliphatic rings. The third-order valence-corrected chi connectivity index (χ3v) is 3.60. The summed E-state index contributed by atoms with van der Waals surface area (Å²) in [5.74, 6) is -0.574. The lowest BCUT2D eigenvalue weighted by molar-refractivity contribution is -0.0849. The highest BCUT2D eigenvalue weighted by molar-refractivity contribution is 5.97. The molecule has 0 saturated carbocycles. The highest BCUT2D eigenvalue weighted by Crippen LogP contribution is 2.39. The Morgan fingerprint density at radius 1 is 1.43 bits per heavy atom. The van der Waals surface area contributed by atoms with E-state index in [-0.39, 0.29) is 23.3 Å².